The van der Waals surface area contributed by atoms with E-state index in [1.165, 1.54) is 17.8 Å². The molecule has 86 valence electrons. The van der Waals surface area contributed by atoms with E-state index in [1.807, 2.05) is 0 Å². The first-order chi connectivity index (χ1) is 7.74. The van der Waals surface area contributed by atoms with Crippen LogP contribution in [0.1, 0.15) is 5.56 Å². The molecule has 0 aliphatic rings. The lowest BCUT2D eigenvalue weighted by atomic mass is 10.2. The van der Waals surface area contributed by atoms with Gasteiger partial charge in [0.1, 0.15) is 5.82 Å². The molecule has 0 radical (unpaired) electrons. The summed E-state index contributed by atoms with van der Waals surface area (Å²) in [7, 11) is 0. The van der Waals surface area contributed by atoms with Crippen molar-refractivity contribution >= 4 is 17.7 Å². The second-order valence-corrected chi connectivity index (χ2v) is 4.20. The van der Waals surface area contributed by atoms with E-state index in [4.69, 9.17) is 0 Å². The summed E-state index contributed by atoms with van der Waals surface area (Å²) in [6, 6.07) is 6.41. The Morgan fingerprint density at radius 3 is 2.94 bits per heavy atom. The largest absolute Gasteiger partial charge is 0.351 e. The van der Waals surface area contributed by atoms with Crippen molar-refractivity contribution in [2.24, 2.45) is 0 Å². The number of carbonyl (C=O) groups is 1. The van der Waals surface area contributed by atoms with Crippen molar-refractivity contribution in [1.29, 1.82) is 0 Å². The summed E-state index contributed by atoms with van der Waals surface area (Å²) in [4.78, 5) is 11.3. The zero-order valence-corrected chi connectivity index (χ0v) is 9.73. The number of halogens is 1. The van der Waals surface area contributed by atoms with Crippen LogP contribution in [0.4, 0.5) is 4.39 Å². The summed E-state index contributed by atoms with van der Waals surface area (Å²) < 4.78 is 13.2. The van der Waals surface area contributed by atoms with Gasteiger partial charge < -0.3 is 5.32 Å². The predicted molar refractivity (Wildman–Crippen MR) is 65.8 cm³/mol. The highest BCUT2D eigenvalue weighted by atomic mass is 32.2. The third-order valence-corrected chi connectivity index (χ3v) is 2.84. The first-order valence-corrected chi connectivity index (χ1v) is 6.08. The molecule has 4 heteroatoms. The highest BCUT2D eigenvalue weighted by Gasteiger charge is 2.03. The lowest BCUT2D eigenvalue weighted by Crippen LogP contribution is -2.25. The lowest BCUT2D eigenvalue weighted by Gasteiger charge is -2.05. The summed E-state index contributed by atoms with van der Waals surface area (Å²) in [5, 5.41) is 2.66. The molecule has 1 rings (SSSR count). The molecule has 0 heterocycles. The molecule has 1 amide bonds. The van der Waals surface area contributed by atoms with Crippen molar-refractivity contribution in [2.45, 2.75) is 6.54 Å². The van der Waals surface area contributed by atoms with Crippen LogP contribution in [-0.2, 0) is 11.3 Å². The normalized spacial score (nSPS) is 9.81. The molecule has 0 saturated carbocycles. The quantitative estimate of drug-likeness (QED) is 0.610. The first kappa shape index (κ1) is 12.8. The molecule has 0 fully saturated rings. The molecule has 0 saturated heterocycles. The van der Waals surface area contributed by atoms with Gasteiger partial charge in [-0.2, -0.15) is 0 Å². The van der Waals surface area contributed by atoms with E-state index >= 15 is 0 Å². The van der Waals surface area contributed by atoms with Crippen LogP contribution in [0.2, 0.25) is 0 Å². The third-order valence-electron chi connectivity index (χ3n) is 1.90. The van der Waals surface area contributed by atoms with Crippen molar-refractivity contribution in [3.8, 4) is 0 Å². The zero-order chi connectivity index (χ0) is 11.8. The molecule has 1 N–H and O–H groups in total. The van der Waals surface area contributed by atoms with Gasteiger partial charge in [0.15, 0.2) is 0 Å². The zero-order valence-electron chi connectivity index (χ0n) is 8.91. The first-order valence-electron chi connectivity index (χ1n) is 4.92. The SMILES string of the molecule is C=CCSCC(=O)NCc1ccccc1F. The van der Waals surface area contributed by atoms with Gasteiger partial charge in [0.05, 0.1) is 5.75 Å². The Morgan fingerprint density at radius 2 is 2.25 bits per heavy atom. The van der Waals surface area contributed by atoms with Gasteiger partial charge in [-0.1, -0.05) is 24.3 Å². The van der Waals surface area contributed by atoms with E-state index in [0.717, 1.165) is 5.75 Å². The summed E-state index contributed by atoms with van der Waals surface area (Å²) in [5.41, 5.74) is 0.504. The molecule has 16 heavy (non-hydrogen) atoms. The van der Waals surface area contributed by atoms with Gasteiger partial charge >= 0.3 is 0 Å². The number of thioether (sulfide) groups is 1. The number of nitrogens with one attached hydrogen (secondary N) is 1. The van der Waals surface area contributed by atoms with Crippen LogP contribution < -0.4 is 5.32 Å². The van der Waals surface area contributed by atoms with Crippen molar-refractivity contribution in [3.63, 3.8) is 0 Å². The van der Waals surface area contributed by atoms with E-state index in [0.29, 0.717) is 11.3 Å². The average molecular weight is 239 g/mol. The van der Waals surface area contributed by atoms with Crippen LogP contribution in [0.25, 0.3) is 0 Å². The van der Waals surface area contributed by atoms with Crippen molar-refractivity contribution < 1.29 is 9.18 Å². The van der Waals surface area contributed by atoms with Gasteiger partial charge in [0, 0.05) is 17.9 Å². The predicted octanol–water partition coefficient (Wildman–Crippen LogP) is 2.36. The van der Waals surface area contributed by atoms with Gasteiger partial charge in [-0.25, -0.2) is 4.39 Å². The minimum absolute atomic E-state index is 0.0879. The van der Waals surface area contributed by atoms with Crippen LogP contribution in [-0.4, -0.2) is 17.4 Å². The second-order valence-electron chi connectivity index (χ2n) is 3.17. The molecular weight excluding hydrogens is 225 g/mol. The molecule has 2 nitrogen and oxygen atoms in total. The molecule has 0 spiro atoms. The summed E-state index contributed by atoms with van der Waals surface area (Å²) >= 11 is 1.48. The number of carbonyl (C=O) groups excluding carboxylic acids is 1. The van der Waals surface area contributed by atoms with Gasteiger partial charge in [0.25, 0.3) is 0 Å². The number of benzene rings is 1. The maximum atomic E-state index is 13.2. The van der Waals surface area contributed by atoms with Gasteiger partial charge in [0.2, 0.25) is 5.91 Å². The Kier molecular flexibility index (Phi) is 5.64. The number of amides is 1. The van der Waals surface area contributed by atoms with Gasteiger partial charge in [-0.05, 0) is 6.07 Å². The summed E-state index contributed by atoms with van der Waals surface area (Å²) in [6.07, 6.45) is 1.74. The van der Waals surface area contributed by atoms with E-state index in [2.05, 4.69) is 11.9 Å². The molecule has 0 bridgehead atoms. The van der Waals surface area contributed by atoms with Gasteiger partial charge in [-0.3, -0.25) is 4.79 Å². The maximum absolute atomic E-state index is 13.2. The second kappa shape index (κ2) is 7.06. The molecule has 0 aliphatic carbocycles. The molecule has 0 unspecified atom stereocenters. The summed E-state index contributed by atoms with van der Waals surface area (Å²) in [5.74, 6) is 0.741. The third kappa shape index (κ3) is 4.49. The fourth-order valence-electron chi connectivity index (χ4n) is 1.12. The average Bonchev–Trinajstić information content (AvgIpc) is 2.28. The van der Waals surface area contributed by atoms with Crippen LogP contribution in [0.15, 0.2) is 36.9 Å². The molecular formula is C12H14FNOS. The minimum atomic E-state index is -0.290. The Balaban J connectivity index is 2.31. The smallest absolute Gasteiger partial charge is 0.230 e. The minimum Gasteiger partial charge on any atom is -0.351 e. The van der Waals surface area contributed by atoms with Crippen LogP contribution in [0, 0.1) is 5.82 Å². The van der Waals surface area contributed by atoms with Crippen molar-refractivity contribution in [1.82, 2.24) is 5.32 Å². The maximum Gasteiger partial charge on any atom is 0.230 e. The van der Waals surface area contributed by atoms with E-state index in [1.54, 1.807) is 24.3 Å². The molecule has 1 aromatic rings. The van der Waals surface area contributed by atoms with E-state index in [9.17, 15) is 9.18 Å². The Bertz CT molecular complexity index is 368. The highest BCUT2D eigenvalue weighted by Crippen LogP contribution is 2.05. The number of hydrogen-bond donors (Lipinski definition) is 1. The highest BCUT2D eigenvalue weighted by molar-refractivity contribution is 8.00. The van der Waals surface area contributed by atoms with Crippen LogP contribution in [0.5, 0.6) is 0 Å². The van der Waals surface area contributed by atoms with Crippen molar-refractivity contribution in [2.75, 3.05) is 11.5 Å². The van der Waals surface area contributed by atoms with Crippen LogP contribution in [0.3, 0.4) is 0 Å². The fourth-order valence-corrected chi connectivity index (χ4v) is 1.69. The molecule has 0 aromatic heterocycles. The molecule has 0 aliphatic heterocycles. The standard InChI is InChI=1S/C12H14FNOS/c1-2-7-16-9-12(15)14-8-10-5-3-4-6-11(10)13/h2-6H,1,7-9H2,(H,14,15). The van der Waals surface area contributed by atoms with E-state index in [-0.39, 0.29) is 18.3 Å². The lowest BCUT2D eigenvalue weighted by molar-refractivity contribution is -0.118. The number of hydrogen-bond acceptors (Lipinski definition) is 2. The number of rotatable bonds is 6. The van der Waals surface area contributed by atoms with Crippen LogP contribution >= 0.6 is 11.8 Å². The fraction of sp³-hybridized carbons (Fsp3) is 0.250. The monoisotopic (exact) mass is 239 g/mol. The molecule has 1 aromatic carbocycles. The van der Waals surface area contributed by atoms with Gasteiger partial charge in [-0.15, -0.1) is 18.3 Å². The Labute approximate surface area is 98.9 Å². The summed E-state index contributed by atoms with van der Waals surface area (Å²) in [6.45, 7) is 3.80. The van der Waals surface area contributed by atoms with Crippen molar-refractivity contribution in [3.05, 3.63) is 48.3 Å². The Hall–Kier alpha value is -1.29. The molecule has 0 atom stereocenters. The topological polar surface area (TPSA) is 29.1 Å². The Morgan fingerprint density at radius 1 is 1.50 bits per heavy atom. The van der Waals surface area contributed by atoms with E-state index < -0.39 is 0 Å².